The maximum absolute atomic E-state index is 13.7. The number of ether oxygens (including phenoxy) is 3. The van der Waals surface area contributed by atoms with E-state index in [9.17, 15) is 22.8 Å². The SMILES string of the molecule is Cc1c(COc2cc(OCc3cncc(C#N)c3)c(C=O)cc2Cl)cccc1-c1cccc(COc2ccc(C=O)cc2C(F)(F)F)c1C. The molecule has 5 rings (SSSR count). The minimum atomic E-state index is -4.69. The molecule has 0 aliphatic rings. The van der Waals surface area contributed by atoms with E-state index in [0.717, 1.165) is 39.9 Å². The van der Waals surface area contributed by atoms with Crippen LogP contribution in [0.3, 0.4) is 0 Å². The molecule has 0 radical (unpaired) electrons. The summed E-state index contributed by atoms with van der Waals surface area (Å²) in [6.07, 6.45) is -0.706. The molecule has 7 nitrogen and oxygen atoms in total. The van der Waals surface area contributed by atoms with E-state index in [0.29, 0.717) is 35.0 Å². The lowest BCUT2D eigenvalue weighted by molar-refractivity contribution is -0.139. The molecule has 0 saturated heterocycles. The number of aldehydes is 2. The minimum absolute atomic E-state index is 0.0605. The Morgan fingerprint density at radius 2 is 1.41 bits per heavy atom. The molecule has 0 atom stereocenters. The van der Waals surface area contributed by atoms with E-state index >= 15 is 0 Å². The third kappa shape index (κ3) is 8.08. The Morgan fingerprint density at radius 1 is 0.776 bits per heavy atom. The Morgan fingerprint density at radius 3 is 2.00 bits per heavy atom. The number of pyridine rings is 1. The molecule has 0 aliphatic carbocycles. The van der Waals surface area contributed by atoms with Crippen molar-refractivity contribution in [2.45, 2.75) is 39.8 Å². The number of hydrogen-bond acceptors (Lipinski definition) is 7. The van der Waals surface area contributed by atoms with Gasteiger partial charge < -0.3 is 14.2 Å². The summed E-state index contributed by atoms with van der Waals surface area (Å²) in [5.74, 6) is 0.182. The second kappa shape index (κ2) is 15.0. The summed E-state index contributed by atoms with van der Waals surface area (Å²) in [6, 6.07) is 21.1. The maximum atomic E-state index is 13.7. The van der Waals surface area contributed by atoms with Gasteiger partial charge in [0, 0.05) is 29.6 Å². The maximum Gasteiger partial charge on any atom is 0.419 e. The third-order valence-corrected chi connectivity index (χ3v) is 8.20. The van der Waals surface area contributed by atoms with Crippen molar-refractivity contribution in [2.24, 2.45) is 0 Å². The number of aromatic nitrogens is 1. The van der Waals surface area contributed by atoms with Crippen molar-refractivity contribution >= 4 is 24.2 Å². The highest BCUT2D eigenvalue weighted by Gasteiger charge is 2.34. The monoisotopic (exact) mass is 684 g/mol. The van der Waals surface area contributed by atoms with Gasteiger partial charge in [0.25, 0.3) is 0 Å². The van der Waals surface area contributed by atoms with E-state index in [1.165, 1.54) is 24.4 Å². The van der Waals surface area contributed by atoms with Crippen LogP contribution in [0.5, 0.6) is 17.2 Å². The van der Waals surface area contributed by atoms with Gasteiger partial charge in [0.1, 0.15) is 49.4 Å². The molecule has 0 aliphatic heterocycles. The van der Waals surface area contributed by atoms with Gasteiger partial charge in [0.15, 0.2) is 6.29 Å². The van der Waals surface area contributed by atoms with Gasteiger partial charge in [-0.1, -0.05) is 48.0 Å². The zero-order valence-electron chi connectivity index (χ0n) is 26.3. The highest BCUT2D eigenvalue weighted by molar-refractivity contribution is 6.32. The van der Waals surface area contributed by atoms with Crippen LogP contribution < -0.4 is 14.2 Å². The first-order chi connectivity index (χ1) is 23.5. The molecule has 248 valence electrons. The van der Waals surface area contributed by atoms with Crippen LogP contribution in [0.1, 0.15) is 59.7 Å². The second-order valence-corrected chi connectivity index (χ2v) is 11.5. The summed E-state index contributed by atoms with van der Waals surface area (Å²) in [7, 11) is 0. The third-order valence-electron chi connectivity index (χ3n) is 7.90. The van der Waals surface area contributed by atoms with Crippen molar-refractivity contribution in [3.63, 3.8) is 0 Å². The number of benzene rings is 4. The molecule has 49 heavy (non-hydrogen) atoms. The molecule has 0 saturated carbocycles. The van der Waals surface area contributed by atoms with Gasteiger partial charge in [0.2, 0.25) is 0 Å². The summed E-state index contributed by atoms with van der Waals surface area (Å²) in [6.45, 7) is 3.89. The fourth-order valence-electron chi connectivity index (χ4n) is 5.21. The number of rotatable bonds is 12. The van der Waals surface area contributed by atoms with Crippen LogP contribution in [0.2, 0.25) is 5.02 Å². The van der Waals surface area contributed by atoms with E-state index in [1.807, 2.05) is 50.2 Å². The zero-order valence-corrected chi connectivity index (χ0v) is 27.1. The number of nitrogens with zero attached hydrogens (tertiary/aromatic N) is 2. The van der Waals surface area contributed by atoms with Gasteiger partial charge in [0.05, 0.1) is 21.7 Å². The van der Waals surface area contributed by atoms with Crippen LogP contribution in [0, 0.1) is 25.2 Å². The second-order valence-electron chi connectivity index (χ2n) is 11.0. The number of carbonyl (C=O) groups is 2. The molecular formula is C38H28ClF3N2O5. The molecule has 1 aromatic heterocycles. The average molecular weight is 685 g/mol. The first-order valence-corrected chi connectivity index (χ1v) is 15.2. The van der Waals surface area contributed by atoms with Crippen molar-refractivity contribution < 1.29 is 37.0 Å². The van der Waals surface area contributed by atoms with E-state index in [2.05, 4.69) is 4.98 Å². The number of hydrogen-bond donors (Lipinski definition) is 0. The molecular weight excluding hydrogens is 657 g/mol. The lowest BCUT2D eigenvalue weighted by Crippen LogP contribution is -2.10. The Balaban J connectivity index is 1.34. The number of carbonyl (C=O) groups excluding carboxylic acids is 2. The number of nitriles is 1. The fraction of sp³-hybridized carbons (Fsp3) is 0.158. The van der Waals surface area contributed by atoms with Crippen molar-refractivity contribution in [1.29, 1.82) is 5.26 Å². The van der Waals surface area contributed by atoms with Gasteiger partial charge in [-0.2, -0.15) is 18.4 Å². The van der Waals surface area contributed by atoms with E-state index < -0.39 is 11.7 Å². The van der Waals surface area contributed by atoms with Crippen LogP contribution in [-0.2, 0) is 26.0 Å². The standard InChI is InChI=1S/C38H28ClF3N2O5/c1-23-28(21-48-35-10-9-25(18-45)12-33(35)38(40,41)42)5-3-7-31(23)32-8-4-6-29(24(32)2)22-49-37-14-36(30(19-46)13-34(37)39)47-20-27-11-26(15-43)16-44-17-27/h3-14,16-19H,20-22H2,1-2H3. The molecule has 1 heterocycles. The first-order valence-electron chi connectivity index (χ1n) is 14.9. The molecule has 0 bridgehead atoms. The number of alkyl halides is 3. The van der Waals surface area contributed by atoms with Crippen LogP contribution in [0.15, 0.2) is 85.2 Å². The van der Waals surface area contributed by atoms with Crippen LogP contribution in [0.4, 0.5) is 13.2 Å². The van der Waals surface area contributed by atoms with Crippen LogP contribution in [-0.4, -0.2) is 17.6 Å². The van der Waals surface area contributed by atoms with Gasteiger partial charge in [-0.3, -0.25) is 14.6 Å². The fourth-order valence-corrected chi connectivity index (χ4v) is 5.44. The molecule has 0 amide bonds. The zero-order chi connectivity index (χ0) is 35.1. The Labute approximate surface area is 285 Å². The Kier molecular flexibility index (Phi) is 10.6. The molecule has 0 unspecified atom stereocenters. The smallest absolute Gasteiger partial charge is 0.419 e. The van der Waals surface area contributed by atoms with Crippen LogP contribution in [0.25, 0.3) is 11.1 Å². The lowest BCUT2D eigenvalue weighted by Gasteiger charge is -2.18. The van der Waals surface area contributed by atoms with E-state index in [-0.39, 0.29) is 47.5 Å². The van der Waals surface area contributed by atoms with Gasteiger partial charge in [-0.25, -0.2) is 0 Å². The van der Waals surface area contributed by atoms with Gasteiger partial charge >= 0.3 is 6.18 Å². The number of halogens is 4. The van der Waals surface area contributed by atoms with Gasteiger partial charge in [-0.15, -0.1) is 0 Å². The molecule has 11 heteroatoms. The van der Waals surface area contributed by atoms with Crippen molar-refractivity contribution in [2.75, 3.05) is 0 Å². The van der Waals surface area contributed by atoms with Crippen molar-refractivity contribution in [1.82, 2.24) is 4.98 Å². The Hall–Kier alpha value is -5.66. The summed E-state index contributed by atoms with van der Waals surface area (Å²) >= 11 is 6.46. The largest absolute Gasteiger partial charge is 0.488 e. The average Bonchev–Trinajstić information content (AvgIpc) is 3.10. The summed E-state index contributed by atoms with van der Waals surface area (Å²) in [4.78, 5) is 26.8. The predicted octanol–water partition coefficient (Wildman–Crippen LogP) is 9.27. The van der Waals surface area contributed by atoms with Crippen LogP contribution >= 0.6 is 11.6 Å². The highest BCUT2D eigenvalue weighted by Crippen LogP contribution is 2.38. The van der Waals surface area contributed by atoms with Crippen molar-refractivity contribution in [3.8, 4) is 34.4 Å². The summed E-state index contributed by atoms with van der Waals surface area (Å²) in [5.41, 5.74) is 5.18. The van der Waals surface area contributed by atoms with Crippen molar-refractivity contribution in [3.05, 3.63) is 140 Å². The quantitative estimate of drug-likeness (QED) is 0.121. The summed E-state index contributed by atoms with van der Waals surface area (Å²) < 4.78 is 58.6. The van der Waals surface area contributed by atoms with Gasteiger partial charge in [-0.05, 0) is 77.6 Å². The molecule has 4 aromatic carbocycles. The van der Waals surface area contributed by atoms with E-state index in [4.69, 9.17) is 31.1 Å². The Bertz CT molecular complexity index is 2070. The lowest BCUT2D eigenvalue weighted by atomic mass is 9.92. The minimum Gasteiger partial charge on any atom is -0.488 e. The molecule has 0 N–H and O–H groups in total. The molecule has 0 fully saturated rings. The molecule has 0 spiro atoms. The topological polar surface area (TPSA) is 98.5 Å². The summed E-state index contributed by atoms with van der Waals surface area (Å²) in [5, 5.41) is 9.35. The highest BCUT2D eigenvalue weighted by atomic mass is 35.5. The van der Waals surface area contributed by atoms with E-state index in [1.54, 1.807) is 18.3 Å². The molecule has 5 aromatic rings. The normalized spacial score (nSPS) is 11.0. The predicted molar refractivity (Wildman–Crippen MR) is 177 cm³/mol. The first kappa shape index (κ1) is 34.7.